The average molecular weight is 251 g/mol. The van der Waals surface area contributed by atoms with Gasteiger partial charge in [-0.25, -0.2) is 0 Å². The zero-order valence-electron chi connectivity index (χ0n) is 11.1. The van der Waals surface area contributed by atoms with Crippen LogP contribution in [0.2, 0.25) is 0 Å². The van der Waals surface area contributed by atoms with Crippen LogP contribution in [0.1, 0.15) is 25.0 Å². The molecule has 0 saturated heterocycles. The molecule has 1 aromatic rings. The molecular formula is C14H21NO3. The lowest BCUT2D eigenvalue weighted by molar-refractivity contribution is -0.145. The van der Waals surface area contributed by atoms with Gasteiger partial charge < -0.3 is 9.84 Å². The van der Waals surface area contributed by atoms with Crippen LogP contribution >= 0.6 is 0 Å². The van der Waals surface area contributed by atoms with E-state index in [9.17, 15) is 9.90 Å². The summed E-state index contributed by atoms with van der Waals surface area (Å²) in [6, 6.07) is 7.46. The largest absolute Gasteiger partial charge is 0.468 e. The Morgan fingerprint density at radius 3 is 2.33 bits per heavy atom. The van der Waals surface area contributed by atoms with E-state index in [1.165, 1.54) is 12.7 Å². The second kappa shape index (κ2) is 7.13. The van der Waals surface area contributed by atoms with Gasteiger partial charge in [0.1, 0.15) is 6.04 Å². The van der Waals surface area contributed by atoms with Crippen molar-refractivity contribution in [3.8, 4) is 0 Å². The minimum atomic E-state index is -0.785. The van der Waals surface area contributed by atoms with E-state index in [1.54, 1.807) is 6.92 Å². The van der Waals surface area contributed by atoms with E-state index in [2.05, 4.69) is 29.1 Å². The second-order valence-electron chi connectivity index (χ2n) is 4.29. The second-order valence-corrected chi connectivity index (χ2v) is 4.29. The highest BCUT2D eigenvalue weighted by atomic mass is 16.5. The lowest BCUT2D eigenvalue weighted by Crippen LogP contribution is -2.45. The van der Waals surface area contributed by atoms with Gasteiger partial charge in [-0.05, 0) is 24.5 Å². The first-order chi connectivity index (χ1) is 8.58. The van der Waals surface area contributed by atoms with E-state index in [1.807, 2.05) is 12.1 Å². The van der Waals surface area contributed by atoms with Crippen LogP contribution in [0.25, 0.3) is 0 Å². The topological polar surface area (TPSA) is 58.6 Å². The molecule has 18 heavy (non-hydrogen) atoms. The third-order valence-electron chi connectivity index (χ3n) is 2.89. The summed E-state index contributed by atoms with van der Waals surface area (Å²) in [6.45, 7) is 4.19. The molecule has 4 heteroatoms. The number of rotatable bonds is 6. The molecule has 0 aliphatic heterocycles. The first-order valence-corrected chi connectivity index (χ1v) is 6.15. The molecule has 100 valence electrons. The molecule has 2 atom stereocenters. The maximum Gasteiger partial charge on any atom is 0.325 e. The van der Waals surface area contributed by atoms with E-state index in [0.717, 1.165) is 12.0 Å². The smallest absolute Gasteiger partial charge is 0.325 e. The highest BCUT2D eigenvalue weighted by molar-refractivity contribution is 5.76. The molecule has 0 aliphatic carbocycles. The van der Waals surface area contributed by atoms with Crippen LogP contribution < -0.4 is 5.32 Å². The molecule has 0 aliphatic rings. The first-order valence-electron chi connectivity index (χ1n) is 6.15. The predicted octanol–water partition coefficient (Wildman–Crippen LogP) is 1.26. The SMILES string of the molecule is CCc1ccc(CN[C@H](C(=O)OC)[C@H](C)O)cc1. The van der Waals surface area contributed by atoms with Gasteiger partial charge in [0.05, 0.1) is 13.2 Å². The zero-order valence-corrected chi connectivity index (χ0v) is 11.1. The molecular weight excluding hydrogens is 230 g/mol. The summed E-state index contributed by atoms with van der Waals surface area (Å²) < 4.78 is 4.64. The van der Waals surface area contributed by atoms with Crippen LogP contribution in [0, 0.1) is 0 Å². The number of hydrogen-bond acceptors (Lipinski definition) is 4. The van der Waals surface area contributed by atoms with Gasteiger partial charge in [0, 0.05) is 6.54 Å². The van der Waals surface area contributed by atoms with Crippen LogP contribution in [0.3, 0.4) is 0 Å². The number of carbonyl (C=O) groups excluding carboxylic acids is 1. The Morgan fingerprint density at radius 1 is 1.33 bits per heavy atom. The molecule has 1 rings (SSSR count). The minimum absolute atomic E-state index is 0.449. The van der Waals surface area contributed by atoms with Gasteiger partial charge >= 0.3 is 5.97 Å². The van der Waals surface area contributed by atoms with Crippen LogP contribution in [0.15, 0.2) is 24.3 Å². The molecule has 0 unspecified atom stereocenters. The van der Waals surface area contributed by atoms with Gasteiger partial charge in [-0.15, -0.1) is 0 Å². The van der Waals surface area contributed by atoms with Gasteiger partial charge in [-0.2, -0.15) is 0 Å². The van der Waals surface area contributed by atoms with Crippen LogP contribution in [0.4, 0.5) is 0 Å². The quantitative estimate of drug-likeness (QED) is 0.747. The summed E-state index contributed by atoms with van der Waals surface area (Å²) in [5.41, 5.74) is 2.35. The van der Waals surface area contributed by atoms with Crippen LogP contribution in [-0.2, 0) is 22.5 Å². The van der Waals surface area contributed by atoms with Crippen molar-refractivity contribution in [3.63, 3.8) is 0 Å². The molecule has 0 amide bonds. The highest BCUT2D eigenvalue weighted by Crippen LogP contribution is 2.06. The Morgan fingerprint density at radius 2 is 1.89 bits per heavy atom. The summed E-state index contributed by atoms with van der Waals surface area (Å²) in [7, 11) is 1.31. The van der Waals surface area contributed by atoms with Crippen molar-refractivity contribution < 1.29 is 14.6 Å². The Hall–Kier alpha value is -1.39. The molecule has 0 saturated carbocycles. The van der Waals surface area contributed by atoms with Crippen LogP contribution in [0.5, 0.6) is 0 Å². The summed E-state index contributed by atoms with van der Waals surface area (Å²) in [4.78, 5) is 11.4. The van der Waals surface area contributed by atoms with Crippen molar-refractivity contribution in [1.82, 2.24) is 5.32 Å². The number of carbonyl (C=O) groups is 1. The molecule has 0 radical (unpaired) electrons. The maximum atomic E-state index is 11.4. The number of esters is 1. The highest BCUT2D eigenvalue weighted by Gasteiger charge is 2.23. The normalized spacial score (nSPS) is 14.0. The maximum absolute atomic E-state index is 11.4. The van der Waals surface area contributed by atoms with Crippen molar-refractivity contribution in [1.29, 1.82) is 0 Å². The molecule has 2 N–H and O–H groups in total. The van der Waals surface area contributed by atoms with Crippen molar-refractivity contribution >= 4 is 5.97 Å². The predicted molar refractivity (Wildman–Crippen MR) is 70.1 cm³/mol. The molecule has 4 nitrogen and oxygen atoms in total. The van der Waals surface area contributed by atoms with Crippen molar-refractivity contribution in [3.05, 3.63) is 35.4 Å². The number of benzene rings is 1. The van der Waals surface area contributed by atoms with Gasteiger partial charge in [0.2, 0.25) is 0 Å². The summed E-state index contributed by atoms with van der Waals surface area (Å²) >= 11 is 0. The van der Waals surface area contributed by atoms with Crippen molar-refractivity contribution in [2.45, 2.75) is 39.0 Å². The summed E-state index contributed by atoms with van der Waals surface area (Å²) in [6.07, 6.45) is 0.221. The molecule has 1 aromatic carbocycles. The number of aliphatic hydroxyl groups is 1. The monoisotopic (exact) mass is 251 g/mol. The fourth-order valence-electron chi connectivity index (χ4n) is 1.70. The van der Waals surface area contributed by atoms with Crippen molar-refractivity contribution in [2.24, 2.45) is 0 Å². The van der Waals surface area contributed by atoms with Crippen molar-refractivity contribution in [2.75, 3.05) is 7.11 Å². The zero-order chi connectivity index (χ0) is 13.5. The van der Waals surface area contributed by atoms with E-state index in [4.69, 9.17) is 0 Å². The lowest BCUT2D eigenvalue weighted by atomic mass is 10.1. The van der Waals surface area contributed by atoms with Crippen LogP contribution in [-0.4, -0.2) is 30.3 Å². The number of aliphatic hydroxyl groups excluding tert-OH is 1. The number of methoxy groups -OCH3 is 1. The van der Waals surface area contributed by atoms with Gasteiger partial charge in [0.25, 0.3) is 0 Å². The molecule has 0 bridgehead atoms. The number of nitrogens with one attached hydrogen (secondary N) is 1. The number of aryl methyl sites for hydroxylation is 1. The third-order valence-corrected chi connectivity index (χ3v) is 2.89. The Labute approximate surface area is 108 Å². The minimum Gasteiger partial charge on any atom is -0.468 e. The van der Waals surface area contributed by atoms with E-state index in [-0.39, 0.29) is 0 Å². The Bertz CT molecular complexity index is 373. The fraction of sp³-hybridized carbons (Fsp3) is 0.500. The van der Waals surface area contributed by atoms with Gasteiger partial charge in [-0.3, -0.25) is 10.1 Å². The molecule has 0 aromatic heterocycles. The van der Waals surface area contributed by atoms with E-state index >= 15 is 0 Å². The lowest BCUT2D eigenvalue weighted by Gasteiger charge is -2.19. The standard InChI is InChI=1S/C14H21NO3/c1-4-11-5-7-12(8-6-11)9-15-13(10(2)16)14(17)18-3/h5-8,10,13,15-16H,4,9H2,1-3H3/t10-,13-/m0/s1. The fourth-order valence-corrected chi connectivity index (χ4v) is 1.70. The Kier molecular flexibility index (Phi) is 5.82. The van der Waals surface area contributed by atoms with Gasteiger partial charge in [-0.1, -0.05) is 31.2 Å². The summed E-state index contributed by atoms with van der Waals surface area (Å²) in [5.74, 6) is -0.449. The van der Waals surface area contributed by atoms with E-state index < -0.39 is 18.1 Å². The molecule has 0 fully saturated rings. The van der Waals surface area contributed by atoms with E-state index in [0.29, 0.717) is 6.54 Å². The Balaban J connectivity index is 2.58. The molecule has 0 spiro atoms. The number of hydrogen-bond donors (Lipinski definition) is 2. The third kappa shape index (κ3) is 4.13. The average Bonchev–Trinajstić information content (AvgIpc) is 2.39. The van der Waals surface area contributed by atoms with Gasteiger partial charge in [0.15, 0.2) is 0 Å². The number of ether oxygens (including phenoxy) is 1. The first kappa shape index (κ1) is 14.7. The summed E-state index contributed by atoms with van der Waals surface area (Å²) in [5, 5.41) is 12.5. The molecule has 0 heterocycles.